The highest BCUT2D eigenvalue weighted by molar-refractivity contribution is 5.78. The van der Waals surface area contributed by atoms with E-state index in [-0.39, 0.29) is 10.8 Å². The fraction of sp³-hybridized carbons (Fsp3) is 0.704. The molecule has 2 fully saturated rings. The van der Waals surface area contributed by atoms with Crippen LogP contribution in [0.2, 0.25) is 0 Å². The number of carbonyl (C=O) groups is 2. The number of rotatable bonds is 14. The Hall–Kier alpha value is -1.84. The van der Waals surface area contributed by atoms with Gasteiger partial charge >= 0.3 is 11.9 Å². The van der Waals surface area contributed by atoms with Crippen LogP contribution in [-0.2, 0) is 22.4 Å². The van der Waals surface area contributed by atoms with Crippen molar-refractivity contribution in [2.24, 2.45) is 10.8 Å². The lowest BCUT2D eigenvalue weighted by molar-refractivity contribution is -0.144. The largest absolute Gasteiger partial charge is 0.481 e. The normalized spacial score (nSPS) is 18.0. The van der Waals surface area contributed by atoms with Crippen LogP contribution >= 0.6 is 0 Å². The van der Waals surface area contributed by atoms with Crippen molar-refractivity contribution in [3.8, 4) is 0 Å². The van der Waals surface area contributed by atoms with Crippen molar-refractivity contribution in [3.05, 3.63) is 33.9 Å². The second-order valence-corrected chi connectivity index (χ2v) is 10.4. The smallest absolute Gasteiger partial charge is 0.309 e. The van der Waals surface area contributed by atoms with Gasteiger partial charge in [0.1, 0.15) is 0 Å². The van der Waals surface area contributed by atoms with Crippen LogP contribution in [0.4, 0.5) is 0 Å². The van der Waals surface area contributed by atoms with E-state index in [0.717, 1.165) is 89.9 Å². The van der Waals surface area contributed by atoms with E-state index in [1.807, 2.05) is 0 Å². The standard InChI is InChI=1S/C27H40O4/c1-19-20(2)22(10-6-4-8-12-26(14-15-26)24(28)29)18-23(21(19)3)11-7-5-9-13-27(16-17-27)25(30)31/h18H,4-17H2,1-3H3,(H,28,29)(H,30,31). The van der Waals surface area contributed by atoms with Gasteiger partial charge in [-0.1, -0.05) is 31.7 Å². The maximum absolute atomic E-state index is 11.3. The second kappa shape index (κ2) is 9.75. The number of hydrogen-bond donors (Lipinski definition) is 2. The highest BCUT2D eigenvalue weighted by Crippen LogP contribution is 2.50. The van der Waals surface area contributed by atoms with E-state index < -0.39 is 11.9 Å². The molecular weight excluding hydrogens is 388 g/mol. The average Bonchev–Trinajstić information content (AvgIpc) is 3.64. The van der Waals surface area contributed by atoms with Crippen molar-refractivity contribution >= 4 is 11.9 Å². The fourth-order valence-corrected chi connectivity index (χ4v) is 5.06. The second-order valence-electron chi connectivity index (χ2n) is 10.4. The lowest BCUT2D eigenvalue weighted by atomic mass is 9.88. The van der Waals surface area contributed by atoms with Crippen LogP contribution in [0.5, 0.6) is 0 Å². The van der Waals surface area contributed by atoms with E-state index in [4.69, 9.17) is 0 Å². The van der Waals surface area contributed by atoms with Crippen molar-refractivity contribution < 1.29 is 19.8 Å². The highest BCUT2D eigenvalue weighted by Gasteiger charge is 2.49. The Morgan fingerprint density at radius 1 is 0.677 bits per heavy atom. The van der Waals surface area contributed by atoms with Crippen molar-refractivity contribution in [2.75, 3.05) is 0 Å². The third-order valence-electron chi connectivity index (χ3n) is 8.25. The summed E-state index contributed by atoms with van der Waals surface area (Å²) in [5.41, 5.74) is 6.34. The van der Waals surface area contributed by atoms with Gasteiger partial charge in [-0.2, -0.15) is 0 Å². The molecule has 0 aromatic heterocycles. The van der Waals surface area contributed by atoms with E-state index in [0.29, 0.717) is 0 Å². The van der Waals surface area contributed by atoms with Gasteiger partial charge in [-0.15, -0.1) is 0 Å². The summed E-state index contributed by atoms with van der Waals surface area (Å²) >= 11 is 0. The molecule has 0 atom stereocenters. The van der Waals surface area contributed by atoms with Crippen LogP contribution in [0.1, 0.15) is 105 Å². The van der Waals surface area contributed by atoms with Crippen molar-refractivity contribution in [3.63, 3.8) is 0 Å². The lowest BCUT2D eigenvalue weighted by Crippen LogP contribution is -2.14. The Morgan fingerprint density at radius 2 is 1.06 bits per heavy atom. The summed E-state index contributed by atoms with van der Waals surface area (Å²) in [7, 11) is 0. The molecule has 0 aliphatic heterocycles. The molecule has 1 aromatic rings. The zero-order valence-electron chi connectivity index (χ0n) is 19.7. The van der Waals surface area contributed by atoms with E-state index in [1.165, 1.54) is 27.8 Å². The molecule has 172 valence electrons. The first-order valence-corrected chi connectivity index (χ1v) is 12.3. The zero-order valence-corrected chi connectivity index (χ0v) is 19.7. The van der Waals surface area contributed by atoms with Crippen LogP contribution in [0.3, 0.4) is 0 Å². The first kappa shape index (κ1) is 23.8. The van der Waals surface area contributed by atoms with Crippen LogP contribution in [0.15, 0.2) is 6.07 Å². The van der Waals surface area contributed by atoms with E-state index in [2.05, 4.69) is 26.8 Å². The number of unbranched alkanes of at least 4 members (excludes halogenated alkanes) is 4. The molecule has 31 heavy (non-hydrogen) atoms. The minimum atomic E-state index is -0.600. The molecule has 2 aliphatic rings. The van der Waals surface area contributed by atoms with Crippen molar-refractivity contribution in [1.29, 1.82) is 0 Å². The highest BCUT2D eigenvalue weighted by atomic mass is 16.4. The number of aliphatic carboxylic acids is 2. The minimum Gasteiger partial charge on any atom is -0.481 e. The SMILES string of the molecule is Cc1c(CCCCCC2(C(=O)O)CC2)cc(CCCCCC2(C(=O)O)CC2)c(C)c1C. The van der Waals surface area contributed by atoms with Gasteiger partial charge in [-0.05, 0) is 113 Å². The summed E-state index contributed by atoms with van der Waals surface area (Å²) in [5.74, 6) is -1.20. The summed E-state index contributed by atoms with van der Waals surface area (Å²) in [5, 5.41) is 18.6. The fourth-order valence-electron chi connectivity index (χ4n) is 5.06. The maximum Gasteiger partial charge on any atom is 0.309 e. The number of carboxylic acid groups (broad SMARTS) is 2. The minimum absolute atomic E-state index is 0.382. The van der Waals surface area contributed by atoms with Crippen LogP contribution in [0.25, 0.3) is 0 Å². The number of aryl methyl sites for hydroxylation is 2. The van der Waals surface area contributed by atoms with Gasteiger partial charge in [-0.25, -0.2) is 0 Å². The molecule has 4 heteroatoms. The van der Waals surface area contributed by atoms with E-state index >= 15 is 0 Å². The Morgan fingerprint density at radius 3 is 1.39 bits per heavy atom. The first-order valence-electron chi connectivity index (χ1n) is 12.3. The van der Waals surface area contributed by atoms with Crippen LogP contribution in [-0.4, -0.2) is 22.2 Å². The van der Waals surface area contributed by atoms with Gasteiger partial charge in [0.2, 0.25) is 0 Å². The molecule has 3 rings (SSSR count). The molecule has 2 aliphatic carbocycles. The average molecular weight is 429 g/mol. The molecule has 2 N–H and O–H groups in total. The molecule has 0 radical (unpaired) electrons. The van der Waals surface area contributed by atoms with E-state index in [9.17, 15) is 19.8 Å². The number of hydrogen-bond acceptors (Lipinski definition) is 2. The summed E-state index contributed by atoms with van der Waals surface area (Å²) in [4.78, 5) is 22.6. The Balaban J connectivity index is 1.44. The third-order valence-corrected chi connectivity index (χ3v) is 8.25. The summed E-state index contributed by atoms with van der Waals surface area (Å²) in [6.07, 6.45) is 13.7. The Kier molecular flexibility index (Phi) is 7.49. The van der Waals surface area contributed by atoms with Gasteiger partial charge in [0.25, 0.3) is 0 Å². The summed E-state index contributed by atoms with van der Waals surface area (Å²) in [6, 6.07) is 2.40. The topological polar surface area (TPSA) is 74.6 Å². The molecule has 0 amide bonds. The van der Waals surface area contributed by atoms with Gasteiger partial charge < -0.3 is 10.2 Å². The van der Waals surface area contributed by atoms with E-state index in [1.54, 1.807) is 0 Å². The van der Waals surface area contributed by atoms with Gasteiger partial charge in [0, 0.05) is 0 Å². The molecule has 0 heterocycles. The Bertz CT molecular complexity index is 751. The van der Waals surface area contributed by atoms with Gasteiger partial charge in [-0.3, -0.25) is 9.59 Å². The molecule has 2 saturated carbocycles. The first-order chi connectivity index (χ1) is 14.7. The lowest BCUT2D eigenvalue weighted by Gasteiger charge is -2.17. The molecule has 4 nitrogen and oxygen atoms in total. The van der Waals surface area contributed by atoms with Crippen LogP contribution in [0, 0.1) is 31.6 Å². The number of carboxylic acids is 2. The predicted octanol–water partition coefficient (Wildman–Crippen LogP) is 6.55. The molecule has 1 aromatic carbocycles. The summed E-state index contributed by atoms with van der Waals surface area (Å²) < 4.78 is 0. The van der Waals surface area contributed by atoms with Gasteiger partial charge in [0.05, 0.1) is 10.8 Å². The predicted molar refractivity (Wildman–Crippen MR) is 124 cm³/mol. The molecule has 0 saturated heterocycles. The quantitative estimate of drug-likeness (QED) is 0.330. The van der Waals surface area contributed by atoms with Crippen LogP contribution < -0.4 is 0 Å². The summed E-state index contributed by atoms with van der Waals surface area (Å²) in [6.45, 7) is 6.68. The monoisotopic (exact) mass is 428 g/mol. The third kappa shape index (κ3) is 5.70. The Labute approximate surface area is 187 Å². The zero-order chi connectivity index (χ0) is 22.6. The molecular formula is C27H40O4. The maximum atomic E-state index is 11.3. The van der Waals surface area contributed by atoms with Crippen molar-refractivity contribution in [1.82, 2.24) is 0 Å². The molecule has 0 bridgehead atoms. The molecule has 0 unspecified atom stereocenters. The molecule has 0 spiro atoms. The number of benzene rings is 1. The van der Waals surface area contributed by atoms with Crippen molar-refractivity contribution in [2.45, 2.75) is 111 Å². The van der Waals surface area contributed by atoms with Gasteiger partial charge in [0.15, 0.2) is 0 Å².